The summed E-state index contributed by atoms with van der Waals surface area (Å²) in [5, 5.41) is 10.6. The van der Waals surface area contributed by atoms with Crippen LogP contribution in [-0.2, 0) is 26.8 Å². The SMILES string of the molecule is CC(C)CN(C[C@@H](O)[C@@H](N)Cc1ccccc1)S(=O)(=O)c1ccc(N)cc1.O=S(=O)(O)O. The molecule has 32 heavy (non-hydrogen) atoms. The number of rotatable bonds is 9. The molecule has 0 heterocycles. The average Bonchev–Trinajstić information content (AvgIpc) is 2.67. The van der Waals surface area contributed by atoms with Crippen molar-refractivity contribution < 1.29 is 31.0 Å². The van der Waals surface area contributed by atoms with Gasteiger partial charge in [0.05, 0.1) is 11.0 Å². The molecule has 180 valence electrons. The monoisotopic (exact) mass is 489 g/mol. The average molecular weight is 490 g/mol. The minimum atomic E-state index is -4.67. The van der Waals surface area contributed by atoms with Crippen molar-refractivity contribution >= 4 is 26.1 Å². The highest BCUT2D eigenvalue weighted by Crippen LogP contribution is 2.19. The van der Waals surface area contributed by atoms with Gasteiger partial charge in [-0.25, -0.2) is 8.42 Å². The van der Waals surface area contributed by atoms with Gasteiger partial charge in [-0.2, -0.15) is 12.7 Å². The van der Waals surface area contributed by atoms with Crippen LogP contribution in [0.25, 0.3) is 0 Å². The zero-order chi connectivity index (χ0) is 24.5. The number of aliphatic hydroxyl groups is 1. The van der Waals surface area contributed by atoms with Crippen molar-refractivity contribution in [3.8, 4) is 0 Å². The van der Waals surface area contributed by atoms with Crippen LogP contribution in [-0.4, -0.2) is 60.6 Å². The lowest BCUT2D eigenvalue weighted by Crippen LogP contribution is -2.47. The molecule has 0 radical (unpaired) electrons. The van der Waals surface area contributed by atoms with Crippen molar-refractivity contribution in [2.75, 3.05) is 18.8 Å². The van der Waals surface area contributed by atoms with Gasteiger partial charge < -0.3 is 16.6 Å². The van der Waals surface area contributed by atoms with Gasteiger partial charge in [0.15, 0.2) is 0 Å². The standard InChI is InChI=1S/C20H29N3O3S.H2O4S/c1-15(2)13-23(27(25,26)18-10-8-17(21)9-11-18)14-20(24)19(22)12-16-6-4-3-5-7-16;1-5(2,3)4/h3-11,15,19-20,24H,12-14,21-22H2,1-2H3;(H2,1,2,3,4)/t19-,20+;/m0./s1. The first kappa shape index (κ1) is 28.0. The molecule has 0 fully saturated rings. The van der Waals surface area contributed by atoms with Crippen molar-refractivity contribution in [1.82, 2.24) is 4.31 Å². The Balaban J connectivity index is 0.000000920. The molecule has 2 rings (SSSR count). The van der Waals surface area contributed by atoms with Crippen LogP contribution in [0.15, 0.2) is 59.5 Å². The van der Waals surface area contributed by atoms with Gasteiger partial charge in [0.2, 0.25) is 10.0 Å². The predicted molar refractivity (Wildman–Crippen MR) is 123 cm³/mol. The summed E-state index contributed by atoms with van der Waals surface area (Å²) in [6.45, 7) is 4.10. The molecule has 2 aromatic carbocycles. The molecule has 0 aliphatic carbocycles. The Labute approximate surface area is 189 Å². The van der Waals surface area contributed by atoms with E-state index in [-0.39, 0.29) is 17.4 Å². The summed E-state index contributed by atoms with van der Waals surface area (Å²) in [5.74, 6) is 0.103. The van der Waals surface area contributed by atoms with Gasteiger partial charge >= 0.3 is 10.4 Å². The van der Waals surface area contributed by atoms with Gasteiger partial charge in [0.1, 0.15) is 0 Å². The smallest absolute Gasteiger partial charge is 0.394 e. The summed E-state index contributed by atoms with van der Waals surface area (Å²) in [6, 6.07) is 15.1. The van der Waals surface area contributed by atoms with Gasteiger partial charge in [-0.1, -0.05) is 44.2 Å². The van der Waals surface area contributed by atoms with Gasteiger partial charge in [0.25, 0.3) is 0 Å². The number of hydrogen-bond acceptors (Lipinski definition) is 7. The number of anilines is 1. The molecular formula is C20H31N3O7S2. The molecule has 0 unspecified atom stereocenters. The van der Waals surface area contributed by atoms with Crippen molar-refractivity contribution in [3.05, 3.63) is 60.2 Å². The highest BCUT2D eigenvalue weighted by molar-refractivity contribution is 7.89. The Morgan fingerprint density at radius 3 is 1.88 bits per heavy atom. The first-order valence-corrected chi connectivity index (χ1v) is 12.6. The summed E-state index contributed by atoms with van der Waals surface area (Å²) in [6.07, 6.45) is -0.507. The molecule has 0 aromatic heterocycles. The van der Waals surface area contributed by atoms with Gasteiger partial charge in [-0.15, -0.1) is 0 Å². The molecule has 0 aliphatic heterocycles. The topological polar surface area (TPSA) is 184 Å². The molecule has 0 aliphatic rings. The second kappa shape index (κ2) is 12.3. The lowest BCUT2D eigenvalue weighted by atomic mass is 10.0. The molecule has 2 aromatic rings. The Hall–Kier alpha value is -2.06. The van der Waals surface area contributed by atoms with Crippen LogP contribution >= 0.6 is 0 Å². The maximum atomic E-state index is 13.0. The lowest BCUT2D eigenvalue weighted by molar-refractivity contribution is 0.116. The van der Waals surface area contributed by atoms with Crippen LogP contribution in [0.5, 0.6) is 0 Å². The normalized spacial score (nSPS) is 14.0. The van der Waals surface area contributed by atoms with Crippen LogP contribution < -0.4 is 11.5 Å². The predicted octanol–water partition coefficient (Wildman–Crippen LogP) is 1.19. The second-order valence-corrected chi connectivity index (χ2v) is 10.5. The summed E-state index contributed by atoms with van der Waals surface area (Å²) in [5.41, 5.74) is 13.3. The van der Waals surface area contributed by atoms with E-state index in [4.69, 9.17) is 29.0 Å². The zero-order valence-corrected chi connectivity index (χ0v) is 19.6. The summed E-state index contributed by atoms with van der Waals surface area (Å²) in [4.78, 5) is 0.154. The minimum absolute atomic E-state index is 0.0567. The number of sulfonamides is 1. The quantitative estimate of drug-likeness (QED) is 0.255. The molecular weight excluding hydrogens is 458 g/mol. The number of hydrogen-bond donors (Lipinski definition) is 5. The van der Waals surface area contributed by atoms with Crippen molar-refractivity contribution in [2.24, 2.45) is 11.7 Å². The fraction of sp³-hybridized carbons (Fsp3) is 0.400. The number of nitrogen functional groups attached to an aromatic ring is 1. The first-order chi connectivity index (χ1) is 14.7. The van der Waals surface area contributed by atoms with Crippen LogP contribution in [0.3, 0.4) is 0 Å². The largest absolute Gasteiger partial charge is 0.399 e. The molecule has 7 N–H and O–H groups in total. The molecule has 10 nitrogen and oxygen atoms in total. The molecule has 0 bridgehead atoms. The number of nitrogens with zero attached hydrogens (tertiary/aromatic N) is 1. The zero-order valence-electron chi connectivity index (χ0n) is 17.9. The Morgan fingerprint density at radius 1 is 0.906 bits per heavy atom. The Kier molecular flexibility index (Phi) is 10.7. The summed E-state index contributed by atoms with van der Waals surface area (Å²) < 4.78 is 58.9. The first-order valence-electron chi connectivity index (χ1n) is 9.73. The number of nitrogens with two attached hydrogens (primary N) is 2. The highest BCUT2D eigenvalue weighted by atomic mass is 32.3. The van der Waals surface area contributed by atoms with E-state index in [0.29, 0.717) is 18.7 Å². The van der Waals surface area contributed by atoms with Crippen LogP contribution in [0, 0.1) is 5.92 Å². The van der Waals surface area contributed by atoms with Gasteiger partial charge in [0, 0.05) is 24.8 Å². The van der Waals surface area contributed by atoms with E-state index in [1.54, 1.807) is 12.1 Å². The maximum absolute atomic E-state index is 13.0. The third kappa shape index (κ3) is 10.5. The van der Waals surface area contributed by atoms with Crippen molar-refractivity contribution in [3.63, 3.8) is 0 Å². The van der Waals surface area contributed by atoms with Crippen LogP contribution in [0.1, 0.15) is 19.4 Å². The van der Waals surface area contributed by atoms with E-state index in [1.165, 1.54) is 16.4 Å². The van der Waals surface area contributed by atoms with Crippen LogP contribution in [0.4, 0.5) is 5.69 Å². The van der Waals surface area contributed by atoms with Gasteiger partial charge in [-0.05, 0) is 42.2 Å². The van der Waals surface area contributed by atoms with Crippen LogP contribution in [0.2, 0.25) is 0 Å². The molecule has 0 amide bonds. The van der Waals surface area contributed by atoms with Gasteiger partial charge in [-0.3, -0.25) is 9.11 Å². The van der Waals surface area contributed by atoms with E-state index in [2.05, 4.69) is 0 Å². The third-order valence-corrected chi connectivity index (χ3v) is 6.13. The molecule has 0 saturated carbocycles. The van der Waals surface area contributed by atoms with Crippen molar-refractivity contribution in [1.29, 1.82) is 0 Å². The van der Waals surface area contributed by atoms with E-state index >= 15 is 0 Å². The Bertz CT molecular complexity index is 1020. The molecule has 2 atom stereocenters. The number of benzene rings is 2. The minimum Gasteiger partial charge on any atom is -0.399 e. The third-order valence-electron chi connectivity index (χ3n) is 4.29. The lowest BCUT2D eigenvalue weighted by Gasteiger charge is -2.28. The number of aliphatic hydroxyl groups excluding tert-OH is 1. The highest BCUT2D eigenvalue weighted by Gasteiger charge is 2.29. The van der Waals surface area contributed by atoms with E-state index in [9.17, 15) is 13.5 Å². The fourth-order valence-corrected chi connectivity index (χ4v) is 4.45. The van der Waals surface area contributed by atoms with Crippen molar-refractivity contribution in [2.45, 2.75) is 37.3 Å². The molecule has 0 spiro atoms. The maximum Gasteiger partial charge on any atom is 0.394 e. The van der Waals surface area contributed by atoms with E-state index in [1.807, 2.05) is 44.2 Å². The second-order valence-electron chi connectivity index (χ2n) is 7.65. The summed E-state index contributed by atoms with van der Waals surface area (Å²) >= 11 is 0. The summed E-state index contributed by atoms with van der Waals surface area (Å²) in [7, 11) is -8.42. The Morgan fingerprint density at radius 2 is 1.41 bits per heavy atom. The fourth-order valence-electron chi connectivity index (χ4n) is 2.83. The molecule has 12 heteroatoms. The molecule has 0 saturated heterocycles. The van der Waals surface area contributed by atoms with E-state index in [0.717, 1.165) is 5.56 Å². The van der Waals surface area contributed by atoms with E-state index < -0.39 is 32.6 Å².